The SMILES string of the molecule is CC(C)CC(C)N(C)c1ccc(F)cc1CNC(C)(C)C. The molecule has 21 heavy (non-hydrogen) atoms. The second-order valence-electron chi connectivity index (χ2n) is 7.47. The standard InChI is InChI=1S/C18H31FN2/c1-13(2)10-14(3)21(7)17-9-8-16(19)11-15(17)12-20-18(4,5)6/h8-9,11,13-14,20H,10,12H2,1-7H3. The zero-order chi connectivity index (χ0) is 16.2. The minimum atomic E-state index is -0.172. The van der Waals surface area contributed by atoms with E-state index >= 15 is 0 Å². The maximum absolute atomic E-state index is 13.6. The number of hydrogen-bond donors (Lipinski definition) is 1. The van der Waals surface area contributed by atoms with E-state index in [0.717, 1.165) is 17.7 Å². The molecule has 1 aromatic rings. The molecule has 0 saturated heterocycles. The highest BCUT2D eigenvalue weighted by molar-refractivity contribution is 5.54. The van der Waals surface area contributed by atoms with Gasteiger partial charge in [-0.2, -0.15) is 0 Å². The quantitative estimate of drug-likeness (QED) is 0.826. The van der Waals surface area contributed by atoms with Crippen molar-refractivity contribution in [2.24, 2.45) is 5.92 Å². The molecule has 0 bridgehead atoms. The van der Waals surface area contributed by atoms with Crippen molar-refractivity contribution in [2.75, 3.05) is 11.9 Å². The fourth-order valence-corrected chi connectivity index (χ4v) is 2.48. The first-order valence-electron chi connectivity index (χ1n) is 7.86. The van der Waals surface area contributed by atoms with E-state index in [1.807, 2.05) is 6.07 Å². The van der Waals surface area contributed by atoms with Crippen LogP contribution in [0.1, 0.15) is 53.5 Å². The smallest absolute Gasteiger partial charge is 0.123 e. The maximum Gasteiger partial charge on any atom is 0.123 e. The lowest BCUT2D eigenvalue weighted by Gasteiger charge is -2.31. The minimum absolute atomic E-state index is 0.0196. The summed E-state index contributed by atoms with van der Waals surface area (Å²) in [4.78, 5) is 2.26. The zero-order valence-corrected chi connectivity index (χ0v) is 14.6. The Labute approximate surface area is 129 Å². The van der Waals surface area contributed by atoms with Gasteiger partial charge < -0.3 is 10.2 Å². The lowest BCUT2D eigenvalue weighted by molar-refractivity contribution is 0.423. The van der Waals surface area contributed by atoms with E-state index in [1.54, 1.807) is 12.1 Å². The second kappa shape index (κ2) is 7.26. The molecule has 1 rings (SSSR count). The summed E-state index contributed by atoms with van der Waals surface area (Å²) in [6.07, 6.45) is 1.13. The summed E-state index contributed by atoms with van der Waals surface area (Å²) < 4.78 is 13.6. The summed E-state index contributed by atoms with van der Waals surface area (Å²) in [5, 5.41) is 3.45. The first kappa shape index (κ1) is 18.0. The van der Waals surface area contributed by atoms with Crippen molar-refractivity contribution in [2.45, 2.75) is 66.1 Å². The molecule has 0 amide bonds. The summed E-state index contributed by atoms with van der Waals surface area (Å²) in [7, 11) is 2.10. The first-order chi connectivity index (χ1) is 9.60. The van der Waals surface area contributed by atoms with E-state index in [0.29, 0.717) is 18.5 Å². The molecule has 2 nitrogen and oxygen atoms in total. The fraction of sp³-hybridized carbons (Fsp3) is 0.667. The van der Waals surface area contributed by atoms with Crippen LogP contribution in [0.25, 0.3) is 0 Å². The van der Waals surface area contributed by atoms with Crippen LogP contribution < -0.4 is 10.2 Å². The third-order valence-electron chi connectivity index (χ3n) is 3.70. The Hall–Kier alpha value is -1.09. The number of halogens is 1. The molecule has 1 unspecified atom stereocenters. The van der Waals surface area contributed by atoms with Gasteiger partial charge in [-0.05, 0) is 63.8 Å². The van der Waals surface area contributed by atoms with Crippen LogP contribution in [-0.2, 0) is 6.54 Å². The molecule has 1 aromatic carbocycles. The van der Waals surface area contributed by atoms with Gasteiger partial charge in [-0.3, -0.25) is 0 Å². The largest absolute Gasteiger partial charge is 0.372 e. The van der Waals surface area contributed by atoms with Gasteiger partial charge in [0.1, 0.15) is 5.82 Å². The Morgan fingerprint density at radius 1 is 1.19 bits per heavy atom. The van der Waals surface area contributed by atoms with Gasteiger partial charge >= 0.3 is 0 Å². The molecule has 0 aliphatic heterocycles. The number of hydrogen-bond acceptors (Lipinski definition) is 2. The number of nitrogens with zero attached hydrogens (tertiary/aromatic N) is 1. The lowest BCUT2D eigenvalue weighted by atomic mass is 10.0. The Morgan fingerprint density at radius 3 is 2.33 bits per heavy atom. The van der Waals surface area contributed by atoms with E-state index in [2.05, 4.69) is 58.8 Å². The van der Waals surface area contributed by atoms with Crippen LogP contribution >= 0.6 is 0 Å². The molecule has 0 spiro atoms. The number of nitrogens with one attached hydrogen (secondary N) is 1. The Kier molecular flexibility index (Phi) is 6.21. The fourth-order valence-electron chi connectivity index (χ4n) is 2.48. The van der Waals surface area contributed by atoms with Crippen molar-refractivity contribution in [3.63, 3.8) is 0 Å². The number of rotatable bonds is 6. The summed E-state index contributed by atoms with van der Waals surface area (Å²) in [5.74, 6) is 0.480. The van der Waals surface area contributed by atoms with Crippen molar-refractivity contribution in [1.82, 2.24) is 5.32 Å². The predicted octanol–water partition coefficient (Wildman–Crippen LogP) is 4.58. The van der Waals surface area contributed by atoms with Crippen LogP contribution in [0.5, 0.6) is 0 Å². The summed E-state index contributed by atoms with van der Waals surface area (Å²) in [6, 6.07) is 5.52. The molecular weight excluding hydrogens is 263 g/mol. The van der Waals surface area contributed by atoms with Crippen molar-refractivity contribution >= 4 is 5.69 Å². The third-order valence-corrected chi connectivity index (χ3v) is 3.70. The molecule has 0 fully saturated rings. The van der Waals surface area contributed by atoms with E-state index in [4.69, 9.17) is 0 Å². The summed E-state index contributed by atoms with van der Waals surface area (Å²) in [6.45, 7) is 13.7. The third kappa shape index (κ3) is 6.04. The highest BCUT2D eigenvalue weighted by Gasteiger charge is 2.17. The van der Waals surface area contributed by atoms with Gasteiger partial charge in [0.2, 0.25) is 0 Å². The van der Waals surface area contributed by atoms with E-state index in [9.17, 15) is 4.39 Å². The van der Waals surface area contributed by atoms with Crippen LogP contribution in [0.4, 0.5) is 10.1 Å². The highest BCUT2D eigenvalue weighted by atomic mass is 19.1. The second-order valence-corrected chi connectivity index (χ2v) is 7.47. The Bertz CT molecular complexity index is 449. The topological polar surface area (TPSA) is 15.3 Å². The molecule has 1 atom stereocenters. The number of anilines is 1. The predicted molar refractivity (Wildman–Crippen MR) is 90.3 cm³/mol. The molecule has 0 aliphatic carbocycles. The van der Waals surface area contributed by atoms with Gasteiger partial charge in [0.25, 0.3) is 0 Å². The van der Waals surface area contributed by atoms with Gasteiger partial charge in [-0.1, -0.05) is 13.8 Å². The molecule has 3 heteroatoms. The maximum atomic E-state index is 13.6. The normalized spacial score (nSPS) is 13.6. The average Bonchev–Trinajstić information content (AvgIpc) is 2.34. The van der Waals surface area contributed by atoms with Gasteiger partial charge in [0.15, 0.2) is 0 Å². The number of benzene rings is 1. The highest BCUT2D eigenvalue weighted by Crippen LogP contribution is 2.25. The van der Waals surface area contributed by atoms with E-state index in [1.165, 1.54) is 0 Å². The Morgan fingerprint density at radius 2 is 1.81 bits per heavy atom. The van der Waals surface area contributed by atoms with Gasteiger partial charge in [0, 0.05) is 30.9 Å². The molecule has 120 valence electrons. The summed E-state index contributed by atoms with van der Waals surface area (Å²) in [5.41, 5.74) is 2.15. The molecular formula is C18H31FN2. The van der Waals surface area contributed by atoms with Crippen molar-refractivity contribution in [3.8, 4) is 0 Å². The van der Waals surface area contributed by atoms with E-state index in [-0.39, 0.29) is 11.4 Å². The van der Waals surface area contributed by atoms with Crippen LogP contribution in [0.3, 0.4) is 0 Å². The Balaban J connectivity index is 2.95. The van der Waals surface area contributed by atoms with Crippen LogP contribution in [0, 0.1) is 11.7 Å². The van der Waals surface area contributed by atoms with E-state index < -0.39 is 0 Å². The van der Waals surface area contributed by atoms with Gasteiger partial charge in [0.05, 0.1) is 0 Å². The monoisotopic (exact) mass is 294 g/mol. The minimum Gasteiger partial charge on any atom is -0.372 e. The molecule has 0 heterocycles. The molecule has 0 saturated carbocycles. The van der Waals surface area contributed by atoms with Gasteiger partial charge in [-0.25, -0.2) is 4.39 Å². The van der Waals surface area contributed by atoms with Crippen molar-refractivity contribution in [1.29, 1.82) is 0 Å². The molecule has 1 N–H and O–H groups in total. The summed E-state index contributed by atoms with van der Waals surface area (Å²) >= 11 is 0. The van der Waals surface area contributed by atoms with Gasteiger partial charge in [-0.15, -0.1) is 0 Å². The lowest BCUT2D eigenvalue weighted by Crippen LogP contribution is -2.36. The van der Waals surface area contributed by atoms with Crippen LogP contribution in [-0.4, -0.2) is 18.6 Å². The van der Waals surface area contributed by atoms with Crippen molar-refractivity contribution < 1.29 is 4.39 Å². The van der Waals surface area contributed by atoms with Crippen LogP contribution in [0.15, 0.2) is 18.2 Å². The molecule has 0 aromatic heterocycles. The molecule has 0 aliphatic rings. The first-order valence-corrected chi connectivity index (χ1v) is 7.86. The average molecular weight is 294 g/mol. The van der Waals surface area contributed by atoms with Crippen molar-refractivity contribution in [3.05, 3.63) is 29.6 Å². The molecule has 0 radical (unpaired) electrons. The zero-order valence-electron chi connectivity index (χ0n) is 14.6. The van der Waals surface area contributed by atoms with Crippen LogP contribution in [0.2, 0.25) is 0 Å².